The Bertz CT molecular complexity index is 561. The maximum Gasteiger partial charge on any atom is 0.410 e. The molecule has 3 aliphatic heterocycles. The van der Waals surface area contributed by atoms with E-state index in [9.17, 15) is 14.7 Å². The number of nitrogens with zero attached hydrogens (tertiary/aromatic N) is 2. The minimum atomic E-state index is -0.512. The summed E-state index contributed by atoms with van der Waals surface area (Å²) in [5.41, 5.74) is -0.884. The maximum absolute atomic E-state index is 11.6. The zero-order valence-electron chi connectivity index (χ0n) is 18.0. The Balaban J connectivity index is 0.000000202. The molecule has 2 unspecified atom stereocenters. The van der Waals surface area contributed by atoms with Crippen LogP contribution in [0.5, 0.6) is 0 Å². The molecule has 4 atom stereocenters. The number of carbonyl (C=O) groups excluding carboxylic acids is 2. The molecular formula is C19H35N3O6. The van der Waals surface area contributed by atoms with Gasteiger partial charge in [-0.05, 0) is 48.6 Å². The molecule has 0 saturated carbocycles. The van der Waals surface area contributed by atoms with Crippen LogP contribution >= 0.6 is 0 Å². The summed E-state index contributed by atoms with van der Waals surface area (Å²) in [6.45, 7) is 13.3. The van der Waals surface area contributed by atoms with E-state index in [1.54, 1.807) is 11.9 Å². The highest BCUT2D eigenvalue weighted by Gasteiger charge is 2.49. The van der Waals surface area contributed by atoms with Crippen molar-refractivity contribution in [2.75, 3.05) is 33.2 Å². The van der Waals surface area contributed by atoms with E-state index in [4.69, 9.17) is 14.2 Å². The van der Waals surface area contributed by atoms with Gasteiger partial charge in [0.2, 0.25) is 0 Å². The molecule has 162 valence electrons. The van der Waals surface area contributed by atoms with Gasteiger partial charge in [0.15, 0.2) is 0 Å². The van der Waals surface area contributed by atoms with Crippen molar-refractivity contribution in [3.8, 4) is 0 Å². The zero-order chi connectivity index (χ0) is 21.3. The number of β-amino-alcohol motifs (C(OH)–C–C–N with tert-alkyl or cyclic N) is 1. The number of epoxide rings is 1. The Morgan fingerprint density at radius 1 is 0.893 bits per heavy atom. The largest absolute Gasteiger partial charge is 0.444 e. The second kappa shape index (κ2) is 8.42. The molecule has 0 spiro atoms. The predicted molar refractivity (Wildman–Crippen MR) is 103 cm³/mol. The highest BCUT2D eigenvalue weighted by Crippen LogP contribution is 2.31. The summed E-state index contributed by atoms with van der Waals surface area (Å²) in [6.07, 6.45) is -0.523. The van der Waals surface area contributed by atoms with Gasteiger partial charge in [0.05, 0.1) is 31.8 Å². The van der Waals surface area contributed by atoms with E-state index in [0.717, 1.165) is 0 Å². The maximum atomic E-state index is 11.6. The van der Waals surface area contributed by atoms with Crippen LogP contribution in [0.3, 0.4) is 0 Å². The molecule has 3 fully saturated rings. The molecule has 0 aromatic rings. The van der Waals surface area contributed by atoms with E-state index in [1.165, 1.54) is 4.90 Å². The normalized spacial score (nSPS) is 29.0. The fourth-order valence-electron chi connectivity index (χ4n) is 3.03. The first-order chi connectivity index (χ1) is 12.8. The number of aliphatic hydroxyl groups is 1. The Labute approximate surface area is 167 Å². The molecule has 3 aliphatic rings. The topological polar surface area (TPSA) is 104 Å². The number of aliphatic hydroxyl groups excluding tert-OH is 1. The minimum absolute atomic E-state index is 0.0579. The highest BCUT2D eigenvalue weighted by atomic mass is 16.6. The van der Waals surface area contributed by atoms with Gasteiger partial charge in [-0.3, -0.25) is 0 Å². The lowest BCUT2D eigenvalue weighted by Crippen LogP contribution is -2.38. The Hall–Kier alpha value is -1.58. The van der Waals surface area contributed by atoms with Crippen molar-refractivity contribution in [3.63, 3.8) is 0 Å². The van der Waals surface area contributed by atoms with Gasteiger partial charge in [0.1, 0.15) is 23.4 Å². The van der Waals surface area contributed by atoms with E-state index in [0.29, 0.717) is 26.2 Å². The lowest BCUT2D eigenvalue weighted by molar-refractivity contribution is 0.0228. The number of amides is 2. The number of carbonyl (C=O) groups is 2. The number of ether oxygens (including phenoxy) is 3. The van der Waals surface area contributed by atoms with Crippen LogP contribution < -0.4 is 5.32 Å². The lowest BCUT2D eigenvalue weighted by atomic mass is 10.2. The van der Waals surface area contributed by atoms with Crippen molar-refractivity contribution < 1.29 is 28.9 Å². The van der Waals surface area contributed by atoms with Crippen LogP contribution in [0.25, 0.3) is 0 Å². The van der Waals surface area contributed by atoms with Crippen molar-refractivity contribution in [1.82, 2.24) is 15.1 Å². The van der Waals surface area contributed by atoms with Crippen LogP contribution in [0.1, 0.15) is 41.5 Å². The van der Waals surface area contributed by atoms with Gasteiger partial charge in [0, 0.05) is 6.54 Å². The average Bonchev–Trinajstić information content (AvgIpc) is 2.96. The molecule has 2 N–H and O–H groups in total. The molecule has 3 saturated heterocycles. The number of rotatable bonds is 1. The molecule has 9 heteroatoms. The van der Waals surface area contributed by atoms with Crippen molar-refractivity contribution in [2.24, 2.45) is 0 Å². The van der Waals surface area contributed by atoms with E-state index < -0.39 is 17.3 Å². The summed E-state index contributed by atoms with van der Waals surface area (Å²) >= 11 is 0. The smallest absolute Gasteiger partial charge is 0.410 e. The fraction of sp³-hybridized carbons (Fsp3) is 0.895. The van der Waals surface area contributed by atoms with Crippen LogP contribution in [0.15, 0.2) is 0 Å². The van der Waals surface area contributed by atoms with Crippen molar-refractivity contribution >= 4 is 12.2 Å². The van der Waals surface area contributed by atoms with Crippen LogP contribution in [0, 0.1) is 0 Å². The Morgan fingerprint density at radius 3 is 1.68 bits per heavy atom. The fourth-order valence-corrected chi connectivity index (χ4v) is 3.03. The SMILES string of the molecule is CC(C)(C)OC(=O)N1CC2OC2C1.CN[C@H]1CN(C(=O)OC(C)(C)C)C[C@@H]1O. The number of likely N-dealkylation sites (tertiary alicyclic amines) is 2. The van der Waals surface area contributed by atoms with Gasteiger partial charge in [-0.1, -0.05) is 0 Å². The molecule has 0 aliphatic carbocycles. The monoisotopic (exact) mass is 401 g/mol. The quantitative estimate of drug-likeness (QED) is 0.636. The second-order valence-electron chi connectivity index (χ2n) is 9.45. The van der Waals surface area contributed by atoms with Crippen LogP contribution in [-0.2, 0) is 14.2 Å². The first kappa shape index (κ1) is 22.7. The lowest BCUT2D eigenvalue weighted by Gasteiger charge is -2.24. The van der Waals surface area contributed by atoms with Gasteiger partial charge in [-0.15, -0.1) is 0 Å². The summed E-state index contributed by atoms with van der Waals surface area (Å²) < 4.78 is 15.6. The van der Waals surface area contributed by atoms with Gasteiger partial charge in [0.25, 0.3) is 0 Å². The van der Waals surface area contributed by atoms with Gasteiger partial charge in [-0.25, -0.2) is 9.59 Å². The summed E-state index contributed by atoms with van der Waals surface area (Å²) in [4.78, 5) is 26.3. The molecule has 3 heterocycles. The van der Waals surface area contributed by atoms with Crippen molar-refractivity contribution in [1.29, 1.82) is 0 Å². The van der Waals surface area contributed by atoms with Crippen LogP contribution in [0.4, 0.5) is 9.59 Å². The molecule has 0 radical (unpaired) electrons. The molecule has 0 aromatic heterocycles. The number of nitrogens with one attached hydrogen (secondary N) is 1. The van der Waals surface area contributed by atoms with Gasteiger partial charge in [-0.2, -0.15) is 0 Å². The number of hydrogen-bond donors (Lipinski definition) is 2. The number of hydrogen-bond acceptors (Lipinski definition) is 7. The summed E-state index contributed by atoms with van der Waals surface area (Å²) in [5.74, 6) is 0. The zero-order valence-corrected chi connectivity index (χ0v) is 18.0. The van der Waals surface area contributed by atoms with Crippen LogP contribution in [0.2, 0.25) is 0 Å². The molecular weight excluding hydrogens is 366 g/mol. The third-order valence-corrected chi connectivity index (χ3v) is 4.45. The van der Waals surface area contributed by atoms with Crippen molar-refractivity contribution in [2.45, 2.75) is 77.1 Å². The standard InChI is InChI=1S/C10H20N2O3.C9H15NO3/c1-10(2,3)15-9(14)12-5-7(11-4)8(13)6-12;1-9(2,3)13-8(11)10-4-6-7(5-10)12-6/h7-8,11,13H,5-6H2,1-4H3;6-7H,4-5H2,1-3H3/t7-,8-;/m0./s1. The molecule has 9 nitrogen and oxygen atoms in total. The summed E-state index contributed by atoms with van der Waals surface area (Å²) in [7, 11) is 1.77. The molecule has 28 heavy (non-hydrogen) atoms. The Morgan fingerprint density at radius 2 is 1.32 bits per heavy atom. The number of morpholine rings is 1. The van der Waals surface area contributed by atoms with Crippen molar-refractivity contribution in [3.05, 3.63) is 0 Å². The third kappa shape index (κ3) is 6.79. The first-order valence-electron chi connectivity index (χ1n) is 9.75. The van der Waals surface area contributed by atoms with Gasteiger partial charge >= 0.3 is 12.2 Å². The molecule has 0 aromatic carbocycles. The second-order valence-corrected chi connectivity index (χ2v) is 9.45. The molecule has 2 amide bonds. The van der Waals surface area contributed by atoms with Crippen LogP contribution in [-0.4, -0.2) is 95.9 Å². The first-order valence-corrected chi connectivity index (χ1v) is 9.75. The predicted octanol–water partition coefficient (Wildman–Crippen LogP) is 1.19. The van der Waals surface area contributed by atoms with E-state index in [1.807, 2.05) is 41.5 Å². The third-order valence-electron chi connectivity index (χ3n) is 4.45. The number of fused-ring (bicyclic) bond motifs is 1. The Kier molecular flexibility index (Phi) is 6.83. The molecule has 0 bridgehead atoms. The summed E-state index contributed by atoms with van der Waals surface area (Å²) in [6, 6.07) is -0.0579. The minimum Gasteiger partial charge on any atom is -0.444 e. The van der Waals surface area contributed by atoms with E-state index in [-0.39, 0.29) is 30.4 Å². The average molecular weight is 402 g/mol. The van der Waals surface area contributed by atoms with Gasteiger partial charge < -0.3 is 34.4 Å². The molecule has 3 rings (SSSR count). The van der Waals surface area contributed by atoms with E-state index >= 15 is 0 Å². The number of likely N-dealkylation sites (N-methyl/N-ethyl adjacent to an activating group) is 1. The van der Waals surface area contributed by atoms with E-state index in [2.05, 4.69) is 5.32 Å². The highest BCUT2D eigenvalue weighted by molar-refractivity contribution is 5.69. The summed E-state index contributed by atoms with van der Waals surface area (Å²) in [5, 5.41) is 12.6.